The van der Waals surface area contributed by atoms with Crippen molar-refractivity contribution in [3.8, 4) is 0 Å². The normalized spacial score (nSPS) is 12.8. The summed E-state index contributed by atoms with van der Waals surface area (Å²) in [6, 6.07) is 9.64. The molecule has 0 saturated carbocycles. The predicted molar refractivity (Wildman–Crippen MR) is 95.1 cm³/mol. The Morgan fingerprint density at radius 1 is 1.19 bits per heavy atom. The van der Waals surface area contributed by atoms with Gasteiger partial charge in [0.15, 0.2) is 0 Å². The minimum atomic E-state index is -0.913. The summed E-state index contributed by atoms with van der Waals surface area (Å²) in [5.41, 5.74) is 1.55. The molecule has 6 nitrogen and oxygen atoms in total. The van der Waals surface area contributed by atoms with E-state index < -0.39 is 23.9 Å². The number of carboxylic acids is 1. The minimum Gasteiger partial charge on any atom is -0.481 e. The number of benzene rings is 1. The lowest BCUT2D eigenvalue weighted by Gasteiger charge is -2.21. The standard InChI is InChI=1S/C19H22FN3O3/c1-13(15-10-16(20)12-21-11-15)22-19(26)23-17(7-8-18(24)25)9-14-5-3-2-4-6-14/h2-6,10-13,17H,7-9H2,1H3,(H,24,25)(H2,22,23,26). The fourth-order valence-corrected chi connectivity index (χ4v) is 2.59. The largest absolute Gasteiger partial charge is 0.481 e. The van der Waals surface area contributed by atoms with Crippen molar-refractivity contribution in [2.75, 3.05) is 0 Å². The van der Waals surface area contributed by atoms with Gasteiger partial charge >= 0.3 is 12.0 Å². The molecule has 2 unspecified atom stereocenters. The molecule has 1 aromatic heterocycles. The number of amides is 2. The molecular formula is C19H22FN3O3. The van der Waals surface area contributed by atoms with Crippen LogP contribution in [-0.2, 0) is 11.2 Å². The van der Waals surface area contributed by atoms with Gasteiger partial charge in [0.2, 0.25) is 0 Å². The maximum Gasteiger partial charge on any atom is 0.315 e. The Balaban J connectivity index is 1.96. The second-order valence-corrected chi connectivity index (χ2v) is 6.10. The van der Waals surface area contributed by atoms with Crippen molar-refractivity contribution < 1.29 is 19.1 Å². The van der Waals surface area contributed by atoms with Crippen molar-refractivity contribution in [3.63, 3.8) is 0 Å². The molecule has 0 aliphatic rings. The fourth-order valence-electron chi connectivity index (χ4n) is 2.59. The Hall–Kier alpha value is -2.96. The molecule has 0 aliphatic carbocycles. The Morgan fingerprint density at radius 2 is 1.92 bits per heavy atom. The number of nitrogens with zero attached hydrogens (tertiary/aromatic N) is 1. The number of aliphatic carboxylic acids is 1. The second-order valence-electron chi connectivity index (χ2n) is 6.10. The van der Waals surface area contributed by atoms with E-state index in [1.807, 2.05) is 30.3 Å². The van der Waals surface area contributed by atoms with Crippen molar-refractivity contribution in [2.24, 2.45) is 0 Å². The van der Waals surface area contributed by atoms with Gasteiger partial charge < -0.3 is 15.7 Å². The SMILES string of the molecule is CC(NC(=O)NC(CCC(=O)O)Cc1ccccc1)c1cncc(F)c1. The molecule has 0 aliphatic heterocycles. The Morgan fingerprint density at radius 3 is 2.58 bits per heavy atom. The minimum absolute atomic E-state index is 0.0405. The first-order valence-electron chi connectivity index (χ1n) is 8.37. The molecule has 2 atom stereocenters. The molecule has 2 rings (SSSR count). The summed E-state index contributed by atoms with van der Waals surface area (Å²) >= 11 is 0. The van der Waals surface area contributed by atoms with Crippen molar-refractivity contribution in [2.45, 2.75) is 38.3 Å². The zero-order valence-corrected chi connectivity index (χ0v) is 14.5. The highest BCUT2D eigenvalue weighted by atomic mass is 19.1. The van der Waals surface area contributed by atoms with E-state index in [4.69, 9.17) is 5.11 Å². The van der Waals surface area contributed by atoms with Gasteiger partial charge in [0, 0.05) is 18.7 Å². The van der Waals surface area contributed by atoms with Gasteiger partial charge in [-0.2, -0.15) is 0 Å². The van der Waals surface area contributed by atoms with Crippen LogP contribution in [0.15, 0.2) is 48.8 Å². The van der Waals surface area contributed by atoms with E-state index in [1.165, 1.54) is 12.3 Å². The maximum atomic E-state index is 13.2. The highest BCUT2D eigenvalue weighted by molar-refractivity contribution is 5.75. The topological polar surface area (TPSA) is 91.3 Å². The first-order valence-corrected chi connectivity index (χ1v) is 8.37. The highest BCUT2D eigenvalue weighted by Crippen LogP contribution is 2.12. The van der Waals surface area contributed by atoms with E-state index in [1.54, 1.807) is 6.92 Å². The summed E-state index contributed by atoms with van der Waals surface area (Å²) in [5, 5.41) is 14.4. The van der Waals surface area contributed by atoms with Gasteiger partial charge in [0.25, 0.3) is 0 Å². The van der Waals surface area contributed by atoms with E-state index >= 15 is 0 Å². The molecule has 1 aromatic carbocycles. The van der Waals surface area contributed by atoms with Crippen molar-refractivity contribution in [3.05, 3.63) is 65.7 Å². The third kappa shape index (κ3) is 6.51. The summed E-state index contributed by atoms with van der Waals surface area (Å²) in [4.78, 5) is 26.9. The van der Waals surface area contributed by atoms with Crippen molar-refractivity contribution >= 4 is 12.0 Å². The van der Waals surface area contributed by atoms with Gasteiger partial charge in [0.1, 0.15) is 5.82 Å². The number of rotatable bonds is 8. The Bertz CT molecular complexity index is 740. The van der Waals surface area contributed by atoms with Gasteiger partial charge in [-0.1, -0.05) is 30.3 Å². The van der Waals surface area contributed by atoms with Crippen molar-refractivity contribution in [1.82, 2.24) is 15.6 Å². The molecule has 0 fully saturated rings. The number of pyridine rings is 1. The molecule has 0 spiro atoms. The van der Waals surface area contributed by atoms with Crippen LogP contribution >= 0.6 is 0 Å². The second kappa shape index (κ2) is 9.50. The summed E-state index contributed by atoms with van der Waals surface area (Å²) in [7, 11) is 0. The molecule has 0 radical (unpaired) electrons. The van der Waals surface area contributed by atoms with Crippen LogP contribution in [0.5, 0.6) is 0 Å². The molecule has 2 amide bonds. The lowest BCUT2D eigenvalue weighted by Crippen LogP contribution is -2.44. The van der Waals surface area contributed by atoms with Crippen LogP contribution in [0.1, 0.15) is 36.9 Å². The summed E-state index contributed by atoms with van der Waals surface area (Å²) in [6.45, 7) is 1.72. The smallest absolute Gasteiger partial charge is 0.315 e. The first kappa shape index (κ1) is 19.4. The van der Waals surface area contributed by atoms with E-state index in [-0.39, 0.29) is 12.5 Å². The Kier molecular flexibility index (Phi) is 7.08. The van der Waals surface area contributed by atoms with Crippen LogP contribution < -0.4 is 10.6 Å². The van der Waals surface area contributed by atoms with Crippen LogP contribution in [0.4, 0.5) is 9.18 Å². The molecule has 138 valence electrons. The van der Waals surface area contributed by atoms with Gasteiger partial charge in [-0.15, -0.1) is 0 Å². The summed E-state index contributed by atoms with van der Waals surface area (Å²) in [6.07, 6.45) is 3.38. The molecule has 0 saturated heterocycles. The monoisotopic (exact) mass is 359 g/mol. The third-order valence-corrected chi connectivity index (χ3v) is 3.94. The number of carbonyl (C=O) groups excluding carboxylic acids is 1. The number of aromatic nitrogens is 1. The molecule has 0 bridgehead atoms. The van der Waals surface area contributed by atoms with E-state index in [9.17, 15) is 14.0 Å². The third-order valence-electron chi connectivity index (χ3n) is 3.94. The highest BCUT2D eigenvalue weighted by Gasteiger charge is 2.17. The number of carboxylic acid groups (broad SMARTS) is 1. The van der Waals surface area contributed by atoms with E-state index in [0.717, 1.165) is 11.8 Å². The van der Waals surface area contributed by atoms with Gasteiger partial charge in [0.05, 0.1) is 12.2 Å². The van der Waals surface area contributed by atoms with Crippen LogP contribution in [0.25, 0.3) is 0 Å². The lowest BCUT2D eigenvalue weighted by atomic mass is 10.0. The van der Waals surface area contributed by atoms with Gasteiger partial charge in [-0.25, -0.2) is 9.18 Å². The fraction of sp³-hybridized carbons (Fsp3) is 0.316. The molecule has 7 heteroatoms. The molecular weight excluding hydrogens is 337 g/mol. The van der Waals surface area contributed by atoms with Gasteiger partial charge in [-0.3, -0.25) is 9.78 Å². The van der Waals surface area contributed by atoms with Crippen molar-refractivity contribution in [1.29, 1.82) is 0 Å². The van der Waals surface area contributed by atoms with Crippen LogP contribution in [0.2, 0.25) is 0 Å². The number of urea groups is 1. The van der Waals surface area contributed by atoms with E-state index in [2.05, 4.69) is 15.6 Å². The van der Waals surface area contributed by atoms with Crippen LogP contribution in [-0.4, -0.2) is 28.1 Å². The molecule has 1 heterocycles. The number of halogens is 1. The summed E-state index contributed by atoms with van der Waals surface area (Å²) < 4.78 is 13.2. The zero-order valence-electron chi connectivity index (χ0n) is 14.5. The average molecular weight is 359 g/mol. The van der Waals surface area contributed by atoms with Gasteiger partial charge in [-0.05, 0) is 37.0 Å². The number of carbonyl (C=O) groups is 2. The number of hydrogen-bond acceptors (Lipinski definition) is 3. The zero-order chi connectivity index (χ0) is 18.9. The summed E-state index contributed by atoms with van der Waals surface area (Å²) in [5.74, 6) is -1.38. The molecule has 3 N–H and O–H groups in total. The quantitative estimate of drug-likeness (QED) is 0.675. The molecule has 26 heavy (non-hydrogen) atoms. The maximum absolute atomic E-state index is 13.2. The Labute approximate surface area is 151 Å². The number of hydrogen-bond donors (Lipinski definition) is 3. The predicted octanol–water partition coefficient (Wildman–Crippen LogP) is 3.06. The number of nitrogens with one attached hydrogen (secondary N) is 2. The molecule has 2 aromatic rings. The van der Waals surface area contributed by atoms with Crippen LogP contribution in [0, 0.1) is 5.82 Å². The first-order chi connectivity index (χ1) is 12.4. The van der Waals surface area contributed by atoms with Crippen LogP contribution in [0.3, 0.4) is 0 Å². The lowest BCUT2D eigenvalue weighted by molar-refractivity contribution is -0.137. The van der Waals surface area contributed by atoms with E-state index in [0.29, 0.717) is 18.4 Å². The average Bonchev–Trinajstić information content (AvgIpc) is 2.60.